The minimum absolute atomic E-state index is 0.0761. The molecule has 0 spiro atoms. The molecule has 1 aliphatic carbocycles. The SMILES string of the molecule is COc1ccc(CC(CC(=O)C(C)NC(=O)CN2CCOCC2)C(=O)NC(CC2=C(C)CCC2)C(=O)C2(C)CO2)cc1. The summed E-state index contributed by atoms with van der Waals surface area (Å²) in [5.41, 5.74) is 2.46. The van der Waals surface area contributed by atoms with Crippen LogP contribution in [0.4, 0.5) is 0 Å². The Hall–Kier alpha value is -3.08. The lowest BCUT2D eigenvalue weighted by Gasteiger charge is -2.27. The normalized spacial score (nSPS) is 22.7. The summed E-state index contributed by atoms with van der Waals surface area (Å²) in [5, 5.41) is 5.80. The van der Waals surface area contributed by atoms with Gasteiger partial charge in [0.05, 0.1) is 45.6 Å². The van der Waals surface area contributed by atoms with Gasteiger partial charge in [0.15, 0.2) is 11.6 Å². The molecule has 1 aromatic rings. The molecule has 2 N–H and O–H groups in total. The van der Waals surface area contributed by atoms with E-state index in [2.05, 4.69) is 17.6 Å². The molecule has 2 heterocycles. The second-order valence-electron chi connectivity index (χ2n) is 12.0. The second kappa shape index (κ2) is 14.4. The van der Waals surface area contributed by atoms with Crippen LogP contribution in [0, 0.1) is 5.92 Å². The molecular formula is C32H45N3O7. The lowest BCUT2D eigenvalue weighted by Crippen LogP contribution is -2.50. The molecule has 4 atom stereocenters. The highest BCUT2D eigenvalue weighted by atomic mass is 16.6. The van der Waals surface area contributed by atoms with E-state index in [1.807, 2.05) is 29.2 Å². The summed E-state index contributed by atoms with van der Waals surface area (Å²) in [7, 11) is 1.58. The molecule has 2 saturated heterocycles. The number of carbonyl (C=O) groups excluding carboxylic acids is 4. The van der Waals surface area contributed by atoms with Gasteiger partial charge in [-0.3, -0.25) is 24.1 Å². The van der Waals surface area contributed by atoms with Gasteiger partial charge in [0.25, 0.3) is 0 Å². The molecule has 2 fully saturated rings. The summed E-state index contributed by atoms with van der Waals surface area (Å²) in [4.78, 5) is 55.2. The molecule has 0 bridgehead atoms. The average molecular weight is 584 g/mol. The molecule has 2 aliphatic heterocycles. The predicted octanol–water partition coefficient (Wildman–Crippen LogP) is 2.38. The predicted molar refractivity (Wildman–Crippen MR) is 157 cm³/mol. The number of nitrogens with zero attached hydrogens (tertiary/aromatic N) is 1. The number of ether oxygens (including phenoxy) is 3. The number of hydrogen-bond acceptors (Lipinski definition) is 8. The smallest absolute Gasteiger partial charge is 0.234 e. The summed E-state index contributed by atoms with van der Waals surface area (Å²) in [6, 6.07) is 5.87. The zero-order valence-electron chi connectivity index (χ0n) is 25.3. The number of Topliss-reactive ketones (excluding diaryl/α,β-unsaturated/α-hetero) is 2. The number of benzene rings is 1. The first-order chi connectivity index (χ1) is 20.1. The zero-order chi connectivity index (χ0) is 30.3. The number of carbonyl (C=O) groups is 4. The van der Waals surface area contributed by atoms with Gasteiger partial charge in [0, 0.05) is 25.4 Å². The number of methoxy groups -OCH3 is 1. The third-order valence-electron chi connectivity index (χ3n) is 8.61. The number of amides is 2. The minimum Gasteiger partial charge on any atom is -0.497 e. The van der Waals surface area contributed by atoms with E-state index in [9.17, 15) is 19.2 Å². The minimum atomic E-state index is -0.883. The topological polar surface area (TPSA) is 127 Å². The maximum atomic E-state index is 13.8. The number of allylic oxidation sites excluding steroid dienone is 1. The second-order valence-corrected chi connectivity index (χ2v) is 12.0. The molecule has 0 saturated carbocycles. The van der Waals surface area contributed by atoms with Crippen molar-refractivity contribution < 1.29 is 33.4 Å². The molecule has 230 valence electrons. The highest BCUT2D eigenvalue weighted by Crippen LogP contribution is 2.33. The zero-order valence-corrected chi connectivity index (χ0v) is 25.3. The lowest BCUT2D eigenvalue weighted by atomic mass is 9.89. The molecule has 42 heavy (non-hydrogen) atoms. The molecule has 1 aromatic carbocycles. The molecular weight excluding hydrogens is 538 g/mol. The van der Waals surface area contributed by atoms with Crippen molar-refractivity contribution in [2.75, 3.05) is 46.6 Å². The van der Waals surface area contributed by atoms with E-state index < -0.39 is 23.6 Å². The van der Waals surface area contributed by atoms with Crippen LogP contribution < -0.4 is 15.4 Å². The number of ketones is 2. The molecule has 4 rings (SSSR count). The highest BCUT2D eigenvalue weighted by molar-refractivity contribution is 5.98. The average Bonchev–Trinajstić information content (AvgIpc) is 3.61. The van der Waals surface area contributed by atoms with Gasteiger partial charge < -0.3 is 24.8 Å². The standard InChI is InChI=1S/C32H45N3O7/c1-21-6-5-7-24(21)17-27(30(38)32(3)20-42-32)34-31(39)25(16-23-8-10-26(40-4)11-9-23)18-28(36)22(2)33-29(37)19-35-12-14-41-15-13-35/h8-11,22,25,27H,5-7,12-20H2,1-4H3,(H,33,37)(H,34,39). The Morgan fingerprint density at radius 1 is 1.05 bits per heavy atom. The van der Waals surface area contributed by atoms with Gasteiger partial charge in [-0.15, -0.1) is 0 Å². The highest BCUT2D eigenvalue weighted by Gasteiger charge is 2.50. The van der Waals surface area contributed by atoms with Gasteiger partial charge in [0.1, 0.15) is 11.4 Å². The number of rotatable bonds is 15. The monoisotopic (exact) mass is 583 g/mol. The first-order valence-electron chi connectivity index (χ1n) is 15.0. The van der Waals surface area contributed by atoms with E-state index in [4.69, 9.17) is 14.2 Å². The van der Waals surface area contributed by atoms with Crippen molar-refractivity contribution in [3.05, 3.63) is 41.0 Å². The summed E-state index contributed by atoms with van der Waals surface area (Å²) < 4.78 is 16.0. The van der Waals surface area contributed by atoms with E-state index in [0.717, 1.165) is 24.8 Å². The van der Waals surface area contributed by atoms with Gasteiger partial charge >= 0.3 is 0 Å². The van der Waals surface area contributed by atoms with E-state index in [-0.39, 0.29) is 36.3 Å². The molecule has 10 heteroatoms. The first-order valence-corrected chi connectivity index (χ1v) is 15.0. The van der Waals surface area contributed by atoms with Crippen LogP contribution in [0.2, 0.25) is 0 Å². The van der Waals surface area contributed by atoms with Crippen LogP contribution >= 0.6 is 0 Å². The molecule has 4 unspecified atom stereocenters. The Labute approximate surface area is 248 Å². The maximum Gasteiger partial charge on any atom is 0.234 e. The van der Waals surface area contributed by atoms with Gasteiger partial charge in [-0.2, -0.15) is 0 Å². The van der Waals surface area contributed by atoms with Gasteiger partial charge in [-0.25, -0.2) is 0 Å². The van der Waals surface area contributed by atoms with Crippen molar-refractivity contribution in [1.82, 2.24) is 15.5 Å². The molecule has 10 nitrogen and oxygen atoms in total. The van der Waals surface area contributed by atoms with E-state index >= 15 is 0 Å². The van der Waals surface area contributed by atoms with Crippen LogP contribution in [-0.2, 0) is 35.1 Å². The van der Waals surface area contributed by atoms with Crippen LogP contribution in [0.3, 0.4) is 0 Å². The Bertz CT molecular complexity index is 1170. The number of epoxide rings is 1. The fourth-order valence-electron chi connectivity index (χ4n) is 5.65. The third kappa shape index (κ3) is 8.72. The fourth-order valence-corrected chi connectivity index (χ4v) is 5.65. The van der Waals surface area contributed by atoms with E-state index in [0.29, 0.717) is 51.5 Å². The van der Waals surface area contributed by atoms with Crippen molar-refractivity contribution >= 4 is 23.4 Å². The Balaban J connectivity index is 1.46. The van der Waals surface area contributed by atoms with Crippen molar-refractivity contribution in [3.8, 4) is 5.75 Å². The van der Waals surface area contributed by atoms with Crippen LogP contribution in [0.1, 0.15) is 58.4 Å². The Morgan fingerprint density at radius 2 is 1.74 bits per heavy atom. The lowest BCUT2D eigenvalue weighted by molar-refractivity contribution is -0.134. The number of morpholine rings is 1. The van der Waals surface area contributed by atoms with Crippen LogP contribution in [0.15, 0.2) is 35.4 Å². The van der Waals surface area contributed by atoms with Crippen molar-refractivity contribution in [1.29, 1.82) is 0 Å². The van der Waals surface area contributed by atoms with Crippen LogP contribution in [0.5, 0.6) is 5.75 Å². The molecule has 3 aliphatic rings. The van der Waals surface area contributed by atoms with Crippen LogP contribution in [0.25, 0.3) is 0 Å². The molecule has 2 amide bonds. The van der Waals surface area contributed by atoms with Crippen molar-refractivity contribution in [2.45, 2.75) is 77.0 Å². The van der Waals surface area contributed by atoms with Gasteiger partial charge in [-0.1, -0.05) is 23.3 Å². The Kier molecular flexibility index (Phi) is 10.9. The first kappa shape index (κ1) is 31.8. The maximum absolute atomic E-state index is 13.8. The molecule has 0 radical (unpaired) electrons. The van der Waals surface area contributed by atoms with Gasteiger partial charge in [-0.05, 0) is 70.6 Å². The fraction of sp³-hybridized carbons (Fsp3) is 0.625. The Morgan fingerprint density at radius 3 is 2.33 bits per heavy atom. The summed E-state index contributed by atoms with van der Waals surface area (Å²) in [6.07, 6.45) is 3.64. The van der Waals surface area contributed by atoms with E-state index in [1.54, 1.807) is 21.0 Å². The van der Waals surface area contributed by atoms with Crippen molar-refractivity contribution in [2.24, 2.45) is 5.92 Å². The third-order valence-corrected chi connectivity index (χ3v) is 8.61. The van der Waals surface area contributed by atoms with Crippen molar-refractivity contribution in [3.63, 3.8) is 0 Å². The summed E-state index contributed by atoms with van der Waals surface area (Å²) in [5.74, 6) is -1.01. The largest absolute Gasteiger partial charge is 0.497 e. The summed E-state index contributed by atoms with van der Waals surface area (Å²) >= 11 is 0. The molecule has 0 aromatic heterocycles. The van der Waals surface area contributed by atoms with E-state index in [1.165, 1.54) is 11.1 Å². The van der Waals surface area contributed by atoms with Crippen LogP contribution in [-0.4, -0.2) is 92.5 Å². The number of hydrogen-bond donors (Lipinski definition) is 2. The van der Waals surface area contributed by atoms with Gasteiger partial charge in [0.2, 0.25) is 11.8 Å². The summed E-state index contributed by atoms with van der Waals surface area (Å²) in [6.45, 7) is 8.51. The number of nitrogens with one attached hydrogen (secondary N) is 2. The quantitative estimate of drug-likeness (QED) is 0.238.